The molecule has 20 heavy (non-hydrogen) atoms. The molecule has 1 fully saturated rings. The van der Waals surface area contributed by atoms with Crippen molar-refractivity contribution in [3.8, 4) is 0 Å². The van der Waals surface area contributed by atoms with Crippen molar-refractivity contribution in [1.29, 1.82) is 0 Å². The van der Waals surface area contributed by atoms with Crippen LogP contribution in [0.3, 0.4) is 0 Å². The summed E-state index contributed by atoms with van der Waals surface area (Å²) in [6.07, 6.45) is 2.69. The van der Waals surface area contributed by atoms with Gasteiger partial charge in [-0.1, -0.05) is 6.07 Å². The Labute approximate surface area is 118 Å². The first kappa shape index (κ1) is 14.9. The van der Waals surface area contributed by atoms with Gasteiger partial charge in [-0.3, -0.25) is 9.78 Å². The minimum absolute atomic E-state index is 0.200. The third-order valence-corrected chi connectivity index (χ3v) is 3.58. The van der Waals surface area contributed by atoms with Crippen molar-refractivity contribution in [3.63, 3.8) is 0 Å². The number of aromatic nitrogens is 1. The first-order chi connectivity index (χ1) is 9.54. The third-order valence-electron chi connectivity index (χ3n) is 3.58. The van der Waals surface area contributed by atoms with Gasteiger partial charge in [0.2, 0.25) is 0 Å². The average Bonchev–Trinajstić information content (AvgIpc) is 2.47. The smallest absolute Gasteiger partial charge is 0.272 e. The van der Waals surface area contributed by atoms with E-state index in [0.29, 0.717) is 38.3 Å². The van der Waals surface area contributed by atoms with Gasteiger partial charge in [-0.25, -0.2) is 0 Å². The van der Waals surface area contributed by atoms with E-state index in [0.717, 1.165) is 5.56 Å². The van der Waals surface area contributed by atoms with Crippen LogP contribution >= 0.6 is 0 Å². The number of ether oxygens (including phenoxy) is 1. The van der Waals surface area contributed by atoms with E-state index in [4.69, 9.17) is 10.5 Å². The summed E-state index contributed by atoms with van der Waals surface area (Å²) in [5.41, 5.74) is 5.88. The van der Waals surface area contributed by atoms with Crippen LogP contribution in [0.5, 0.6) is 0 Å². The van der Waals surface area contributed by atoms with E-state index >= 15 is 0 Å². The molecule has 1 aromatic heterocycles. The number of hydrogen-bond acceptors (Lipinski definition) is 5. The normalized spacial score (nSPS) is 17.8. The van der Waals surface area contributed by atoms with Crippen molar-refractivity contribution >= 4 is 5.91 Å². The van der Waals surface area contributed by atoms with Crippen LogP contribution in [-0.4, -0.2) is 53.3 Å². The predicted molar refractivity (Wildman–Crippen MR) is 74.1 cm³/mol. The van der Waals surface area contributed by atoms with Crippen LogP contribution in [-0.2, 0) is 11.3 Å². The Bertz CT molecular complexity index is 455. The molecule has 2 rings (SSSR count). The summed E-state index contributed by atoms with van der Waals surface area (Å²) in [7, 11) is 1.67. The minimum atomic E-state index is -0.861. The van der Waals surface area contributed by atoms with Gasteiger partial charge >= 0.3 is 0 Å². The highest BCUT2D eigenvalue weighted by Crippen LogP contribution is 2.21. The number of carbonyl (C=O) groups is 1. The topological polar surface area (TPSA) is 88.7 Å². The van der Waals surface area contributed by atoms with E-state index < -0.39 is 5.60 Å². The number of nitrogens with two attached hydrogens (primary N) is 1. The molecule has 1 aromatic rings. The number of nitrogens with zero attached hydrogens (tertiary/aromatic N) is 2. The maximum absolute atomic E-state index is 12.3. The van der Waals surface area contributed by atoms with E-state index in [1.165, 1.54) is 4.90 Å². The Kier molecular flexibility index (Phi) is 4.69. The number of carbonyl (C=O) groups excluding carboxylic acids is 1. The van der Waals surface area contributed by atoms with Gasteiger partial charge in [0.25, 0.3) is 5.91 Å². The molecule has 0 bridgehead atoms. The van der Waals surface area contributed by atoms with Crippen LogP contribution in [0.15, 0.2) is 18.3 Å². The van der Waals surface area contributed by atoms with Gasteiger partial charge in [0.15, 0.2) is 0 Å². The fraction of sp³-hybridized carbons (Fsp3) is 0.571. The Morgan fingerprint density at radius 3 is 2.75 bits per heavy atom. The third kappa shape index (κ3) is 3.53. The first-order valence-corrected chi connectivity index (χ1v) is 6.75. The number of rotatable bonds is 4. The summed E-state index contributed by atoms with van der Waals surface area (Å²) in [6.45, 7) is 1.75. The van der Waals surface area contributed by atoms with E-state index in [1.807, 2.05) is 0 Å². The van der Waals surface area contributed by atoms with Crippen molar-refractivity contribution in [1.82, 2.24) is 9.88 Å². The molecule has 3 N–H and O–H groups in total. The van der Waals surface area contributed by atoms with Crippen molar-refractivity contribution in [2.24, 2.45) is 5.73 Å². The van der Waals surface area contributed by atoms with E-state index in [2.05, 4.69) is 4.98 Å². The monoisotopic (exact) mass is 279 g/mol. The summed E-state index contributed by atoms with van der Waals surface area (Å²) in [5.74, 6) is -0.200. The lowest BCUT2D eigenvalue weighted by Crippen LogP contribution is -2.47. The van der Waals surface area contributed by atoms with Crippen LogP contribution < -0.4 is 5.73 Å². The fourth-order valence-electron chi connectivity index (χ4n) is 2.29. The van der Waals surface area contributed by atoms with Gasteiger partial charge < -0.3 is 20.5 Å². The van der Waals surface area contributed by atoms with Crippen LogP contribution in [0, 0.1) is 0 Å². The summed E-state index contributed by atoms with van der Waals surface area (Å²) in [5, 5.41) is 10.4. The number of amides is 1. The molecule has 0 aliphatic carbocycles. The highest BCUT2D eigenvalue weighted by atomic mass is 16.5. The van der Waals surface area contributed by atoms with E-state index in [1.54, 1.807) is 25.4 Å². The zero-order valence-corrected chi connectivity index (χ0v) is 11.7. The second-order valence-corrected chi connectivity index (χ2v) is 5.25. The lowest BCUT2D eigenvalue weighted by Gasteiger charge is -2.35. The molecule has 6 heteroatoms. The van der Waals surface area contributed by atoms with Crippen LogP contribution in [0.2, 0.25) is 0 Å². The zero-order chi connectivity index (χ0) is 14.6. The maximum Gasteiger partial charge on any atom is 0.272 e. The van der Waals surface area contributed by atoms with Gasteiger partial charge in [0.05, 0.1) is 5.60 Å². The largest absolute Gasteiger partial charge is 0.388 e. The van der Waals surface area contributed by atoms with Crippen LogP contribution in [0.25, 0.3) is 0 Å². The predicted octanol–water partition coefficient (Wildman–Crippen LogP) is 0.154. The average molecular weight is 279 g/mol. The zero-order valence-electron chi connectivity index (χ0n) is 11.7. The molecule has 110 valence electrons. The van der Waals surface area contributed by atoms with Crippen molar-refractivity contribution < 1.29 is 14.6 Å². The molecule has 0 unspecified atom stereocenters. The Morgan fingerprint density at radius 2 is 2.20 bits per heavy atom. The molecule has 1 amide bonds. The first-order valence-electron chi connectivity index (χ1n) is 6.75. The van der Waals surface area contributed by atoms with Gasteiger partial charge in [-0.2, -0.15) is 0 Å². The Morgan fingerprint density at radius 1 is 1.50 bits per heavy atom. The standard InChI is InChI=1S/C14H21N3O3/c1-17(10-14(19)4-6-20-7-5-14)13(18)12-3-2-11(8-15)9-16-12/h2-3,9,19H,4-8,10,15H2,1H3. The van der Waals surface area contributed by atoms with Crippen molar-refractivity contribution in [2.75, 3.05) is 26.8 Å². The number of likely N-dealkylation sites (N-methyl/N-ethyl adjacent to an activating group) is 1. The van der Waals surface area contributed by atoms with Crippen LogP contribution in [0.4, 0.5) is 0 Å². The molecule has 0 aromatic carbocycles. The summed E-state index contributed by atoms with van der Waals surface area (Å²) in [4.78, 5) is 17.9. The van der Waals surface area contributed by atoms with Crippen LogP contribution in [0.1, 0.15) is 28.9 Å². The van der Waals surface area contributed by atoms with Gasteiger partial charge in [-0.15, -0.1) is 0 Å². The quantitative estimate of drug-likeness (QED) is 0.819. The molecule has 0 spiro atoms. The lowest BCUT2D eigenvalue weighted by atomic mass is 9.94. The van der Waals surface area contributed by atoms with Gasteiger partial charge in [-0.05, 0) is 11.6 Å². The number of aliphatic hydroxyl groups is 1. The Balaban J connectivity index is 2.00. The summed E-state index contributed by atoms with van der Waals surface area (Å²) >= 11 is 0. The second-order valence-electron chi connectivity index (χ2n) is 5.25. The Hall–Kier alpha value is -1.50. The molecular formula is C14H21N3O3. The molecule has 6 nitrogen and oxygen atoms in total. The molecule has 1 saturated heterocycles. The van der Waals surface area contributed by atoms with E-state index in [-0.39, 0.29) is 12.5 Å². The minimum Gasteiger partial charge on any atom is -0.388 e. The SMILES string of the molecule is CN(CC1(O)CCOCC1)C(=O)c1ccc(CN)cn1. The highest BCUT2D eigenvalue weighted by molar-refractivity contribution is 5.92. The highest BCUT2D eigenvalue weighted by Gasteiger charge is 2.32. The molecule has 0 saturated carbocycles. The number of hydrogen-bond donors (Lipinski definition) is 2. The molecule has 0 atom stereocenters. The molecule has 1 aliphatic heterocycles. The van der Waals surface area contributed by atoms with Gasteiger partial charge in [0, 0.05) is 52.4 Å². The lowest BCUT2D eigenvalue weighted by molar-refractivity contribution is -0.0734. The van der Waals surface area contributed by atoms with Crippen molar-refractivity contribution in [2.45, 2.75) is 25.0 Å². The summed E-state index contributed by atoms with van der Waals surface area (Å²) in [6, 6.07) is 3.45. The maximum atomic E-state index is 12.3. The van der Waals surface area contributed by atoms with Gasteiger partial charge in [0.1, 0.15) is 5.69 Å². The summed E-state index contributed by atoms with van der Waals surface area (Å²) < 4.78 is 5.23. The van der Waals surface area contributed by atoms with Crippen molar-refractivity contribution in [3.05, 3.63) is 29.6 Å². The molecule has 1 aliphatic rings. The van der Waals surface area contributed by atoms with E-state index in [9.17, 15) is 9.90 Å². The molecular weight excluding hydrogens is 258 g/mol. The number of pyridine rings is 1. The molecule has 2 heterocycles. The second kappa shape index (κ2) is 6.30. The molecule has 0 radical (unpaired) electrons. The fourth-order valence-corrected chi connectivity index (χ4v) is 2.29.